The average molecular weight is 242 g/mol. The van der Waals surface area contributed by atoms with Crippen LogP contribution < -0.4 is 11.1 Å². The molecule has 1 heterocycles. The van der Waals surface area contributed by atoms with Gasteiger partial charge in [0.05, 0.1) is 4.92 Å². The Morgan fingerprint density at radius 1 is 1.44 bits per heavy atom. The number of nitrogen functional groups attached to an aromatic ring is 1. The largest absolute Gasteiger partial charge is 0.381 e. The molecule has 1 aliphatic carbocycles. The summed E-state index contributed by atoms with van der Waals surface area (Å²) in [4.78, 5) is 10.3. The van der Waals surface area contributed by atoms with Gasteiger partial charge in [0.2, 0.25) is 0 Å². The Labute approximate surface area is 97.2 Å². The third-order valence-corrected chi connectivity index (χ3v) is 3.63. The summed E-state index contributed by atoms with van der Waals surface area (Å²) in [6.07, 6.45) is 5.68. The Balaban J connectivity index is 2.12. The summed E-state index contributed by atoms with van der Waals surface area (Å²) in [5.74, 6) is 0.238. The molecule has 2 rings (SSSR count). The van der Waals surface area contributed by atoms with Gasteiger partial charge >= 0.3 is 5.00 Å². The lowest BCUT2D eigenvalue weighted by molar-refractivity contribution is -0.379. The van der Waals surface area contributed by atoms with E-state index in [-0.39, 0.29) is 10.8 Å². The van der Waals surface area contributed by atoms with E-state index in [0.29, 0.717) is 11.7 Å². The number of hydrogen-bond acceptors (Lipinski definition) is 6. The molecule has 6 nitrogen and oxygen atoms in total. The fraction of sp³-hybridized carbons (Fsp3) is 0.667. The third kappa shape index (κ3) is 2.24. The van der Waals surface area contributed by atoms with E-state index in [2.05, 4.69) is 9.69 Å². The van der Waals surface area contributed by atoms with Crippen LogP contribution >= 0.6 is 11.5 Å². The zero-order valence-electron chi connectivity index (χ0n) is 8.81. The Bertz CT molecular complexity index is 387. The number of nitro groups is 1. The topological polar surface area (TPSA) is 94.1 Å². The predicted octanol–water partition coefficient (Wildman–Crippen LogP) is 2.38. The van der Waals surface area contributed by atoms with Gasteiger partial charge in [-0.3, -0.25) is 10.1 Å². The van der Waals surface area contributed by atoms with Crippen LogP contribution in [0.2, 0.25) is 0 Å². The molecule has 0 saturated heterocycles. The minimum Gasteiger partial charge on any atom is -0.381 e. The lowest BCUT2D eigenvalue weighted by atomic mass is 9.95. The number of nitrogens with one attached hydrogen (secondary N) is 1. The first kappa shape index (κ1) is 11.1. The Morgan fingerprint density at radius 2 is 2.12 bits per heavy atom. The second-order valence-corrected chi connectivity index (χ2v) is 4.74. The van der Waals surface area contributed by atoms with Gasteiger partial charge in [-0.1, -0.05) is 19.3 Å². The minimum absolute atomic E-state index is 0.0167. The van der Waals surface area contributed by atoms with Crippen molar-refractivity contribution in [2.75, 3.05) is 11.1 Å². The van der Waals surface area contributed by atoms with E-state index in [4.69, 9.17) is 5.73 Å². The number of hydrogen-bond donors (Lipinski definition) is 2. The molecule has 0 aromatic carbocycles. The molecule has 16 heavy (non-hydrogen) atoms. The van der Waals surface area contributed by atoms with Crippen molar-refractivity contribution in [3.63, 3.8) is 0 Å². The van der Waals surface area contributed by atoms with Crippen LogP contribution in [0.5, 0.6) is 0 Å². The van der Waals surface area contributed by atoms with Crippen LogP contribution in [0.1, 0.15) is 32.1 Å². The van der Waals surface area contributed by atoms with E-state index >= 15 is 0 Å². The molecular formula is C9H14N4O2S. The second-order valence-electron chi connectivity index (χ2n) is 3.98. The van der Waals surface area contributed by atoms with Crippen molar-refractivity contribution in [3.05, 3.63) is 10.1 Å². The van der Waals surface area contributed by atoms with Crippen molar-refractivity contribution < 1.29 is 4.92 Å². The van der Waals surface area contributed by atoms with Crippen molar-refractivity contribution in [3.8, 4) is 0 Å². The number of rotatable bonds is 3. The molecule has 0 radical (unpaired) electrons. The summed E-state index contributed by atoms with van der Waals surface area (Å²) in [7, 11) is 0. The van der Waals surface area contributed by atoms with Crippen molar-refractivity contribution in [1.29, 1.82) is 0 Å². The second kappa shape index (κ2) is 4.65. The minimum atomic E-state index is -0.431. The van der Waals surface area contributed by atoms with Gasteiger partial charge in [-0.2, -0.15) is 4.37 Å². The normalized spacial score (nSPS) is 17.2. The zero-order valence-corrected chi connectivity index (χ0v) is 9.63. The first-order valence-corrected chi connectivity index (χ1v) is 6.12. The van der Waals surface area contributed by atoms with E-state index in [9.17, 15) is 10.1 Å². The Kier molecular flexibility index (Phi) is 3.23. The molecule has 1 saturated carbocycles. The zero-order chi connectivity index (χ0) is 11.5. The molecule has 0 amide bonds. The first-order valence-electron chi connectivity index (χ1n) is 5.34. The summed E-state index contributed by atoms with van der Waals surface area (Å²) in [5, 5.41) is 13.9. The molecule has 0 bridgehead atoms. The quantitative estimate of drug-likeness (QED) is 0.626. The van der Waals surface area contributed by atoms with E-state index in [1.165, 1.54) is 19.3 Å². The maximum Gasteiger partial charge on any atom is 0.368 e. The highest BCUT2D eigenvalue weighted by Crippen LogP contribution is 2.36. The molecule has 1 fully saturated rings. The molecule has 0 aliphatic heterocycles. The number of nitrogens with two attached hydrogens (primary N) is 1. The van der Waals surface area contributed by atoms with E-state index in [0.717, 1.165) is 24.4 Å². The molecule has 3 N–H and O–H groups in total. The van der Waals surface area contributed by atoms with Crippen LogP contribution in [-0.4, -0.2) is 15.3 Å². The van der Waals surface area contributed by atoms with Crippen molar-refractivity contribution >= 4 is 28.0 Å². The first-order chi connectivity index (χ1) is 7.68. The van der Waals surface area contributed by atoms with Gasteiger partial charge in [-0.15, -0.1) is 0 Å². The third-order valence-electron chi connectivity index (χ3n) is 2.82. The summed E-state index contributed by atoms with van der Waals surface area (Å²) in [6.45, 7) is 0. The molecule has 1 aromatic heterocycles. The van der Waals surface area contributed by atoms with Gasteiger partial charge < -0.3 is 11.1 Å². The highest BCUT2D eigenvalue weighted by atomic mass is 32.1. The van der Waals surface area contributed by atoms with Gasteiger partial charge in [-0.05, 0) is 12.8 Å². The fourth-order valence-corrected chi connectivity index (χ4v) is 2.60. The van der Waals surface area contributed by atoms with Gasteiger partial charge in [0.15, 0.2) is 11.5 Å². The van der Waals surface area contributed by atoms with Crippen molar-refractivity contribution in [1.82, 2.24) is 4.37 Å². The van der Waals surface area contributed by atoms with E-state index < -0.39 is 4.92 Å². The molecule has 0 unspecified atom stereocenters. The van der Waals surface area contributed by atoms with Gasteiger partial charge in [0, 0.05) is 17.6 Å². The molecule has 1 aliphatic rings. The maximum atomic E-state index is 10.8. The van der Waals surface area contributed by atoms with Gasteiger partial charge in [0.25, 0.3) is 0 Å². The lowest BCUT2D eigenvalue weighted by Gasteiger charge is -2.22. The van der Waals surface area contributed by atoms with Crippen LogP contribution in [0.4, 0.5) is 16.5 Å². The predicted molar refractivity (Wildman–Crippen MR) is 63.7 cm³/mol. The molecular weight excluding hydrogens is 228 g/mol. The molecule has 7 heteroatoms. The summed E-state index contributed by atoms with van der Waals surface area (Å²) >= 11 is 0.836. The summed E-state index contributed by atoms with van der Waals surface area (Å²) < 4.78 is 3.82. The summed E-state index contributed by atoms with van der Waals surface area (Å²) in [6, 6.07) is 0.297. The monoisotopic (exact) mass is 242 g/mol. The van der Waals surface area contributed by atoms with Crippen molar-refractivity contribution in [2.45, 2.75) is 38.1 Å². The number of aromatic nitrogens is 1. The van der Waals surface area contributed by atoms with Gasteiger partial charge in [-0.25, -0.2) is 0 Å². The van der Waals surface area contributed by atoms with E-state index in [1.807, 2.05) is 0 Å². The van der Waals surface area contributed by atoms with Crippen LogP contribution in [0.3, 0.4) is 0 Å². The lowest BCUT2D eigenvalue weighted by Crippen LogP contribution is -2.22. The van der Waals surface area contributed by atoms with Crippen LogP contribution in [0, 0.1) is 10.1 Å². The van der Waals surface area contributed by atoms with Crippen molar-refractivity contribution in [2.24, 2.45) is 0 Å². The SMILES string of the molecule is Nc1nsc([N+](=O)[O-])c1NC1CCCCC1. The fourth-order valence-electron chi connectivity index (χ4n) is 2.00. The molecule has 1 aromatic rings. The van der Waals surface area contributed by atoms with Gasteiger partial charge in [0.1, 0.15) is 0 Å². The Hall–Kier alpha value is -1.37. The highest BCUT2D eigenvalue weighted by molar-refractivity contribution is 7.10. The maximum absolute atomic E-state index is 10.8. The van der Waals surface area contributed by atoms with Crippen LogP contribution in [0.15, 0.2) is 0 Å². The summed E-state index contributed by atoms with van der Waals surface area (Å²) in [5.41, 5.74) is 6.03. The van der Waals surface area contributed by atoms with Crippen LogP contribution in [-0.2, 0) is 0 Å². The number of anilines is 2. The smallest absolute Gasteiger partial charge is 0.368 e. The number of nitrogens with zero attached hydrogens (tertiary/aromatic N) is 2. The van der Waals surface area contributed by atoms with E-state index in [1.54, 1.807) is 0 Å². The average Bonchev–Trinajstić information content (AvgIpc) is 2.62. The molecule has 0 spiro atoms. The van der Waals surface area contributed by atoms with Crippen LogP contribution in [0.25, 0.3) is 0 Å². The molecule has 0 atom stereocenters. The molecule has 88 valence electrons. The standard InChI is InChI=1S/C9H14N4O2S/c10-8-7(9(13(14)15)16-12-8)11-6-4-2-1-3-5-6/h6,11H,1-5H2,(H2,10,12). The highest BCUT2D eigenvalue weighted by Gasteiger charge is 2.24. The Morgan fingerprint density at radius 3 is 2.75 bits per heavy atom.